The van der Waals surface area contributed by atoms with Crippen LogP contribution in [0.4, 0.5) is 4.39 Å². The molecular weight excluding hydrogens is 259 g/mol. The van der Waals surface area contributed by atoms with E-state index >= 15 is 0 Å². The van der Waals surface area contributed by atoms with Crippen LogP contribution in [-0.2, 0) is 16.6 Å². The molecule has 0 heterocycles. The van der Waals surface area contributed by atoms with Crippen LogP contribution in [-0.4, -0.2) is 18.2 Å². The van der Waals surface area contributed by atoms with Gasteiger partial charge in [-0.25, -0.2) is 4.39 Å². The number of hydrogen-bond donors (Lipinski definition) is 1. The van der Waals surface area contributed by atoms with Gasteiger partial charge in [0, 0.05) is 5.56 Å². The minimum atomic E-state index is -1.00. The zero-order valence-corrected chi connectivity index (χ0v) is 12.0. The number of aryl methyl sites for hydroxylation is 1. The summed E-state index contributed by atoms with van der Waals surface area (Å²) in [7, 11) is 1.39. The molecule has 4 heteroatoms. The van der Waals surface area contributed by atoms with Gasteiger partial charge in [-0.3, -0.25) is 4.79 Å². The fourth-order valence-electron chi connectivity index (χ4n) is 3.17. The predicted octanol–water partition coefficient (Wildman–Crippen LogP) is 3.68. The Labute approximate surface area is 118 Å². The molecule has 0 spiro atoms. The van der Waals surface area contributed by atoms with E-state index in [9.17, 15) is 14.3 Å². The van der Waals surface area contributed by atoms with Crippen molar-refractivity contribution >= 4 is 5.97 Å². The first-order valence-electron chi connectivity index (χ1n) is 7.15. The highest BCUT2D eigenvalue weighted by molar-refractivity contribution is 5.83. The molecule has 1 fully saturated rings. The number of rotatable bonds is 4. The number of methoxy groups -OCH3 is 1. The Hall–Kier alpha value is -1.58. The molecule has 0 aliphatic heterocycles. The van der Waals surface area contributed by atoms with Crippen LogP contribution < -0.4 is 4.74 Å². The number of halogens is 1. The lowest BCUT2D eigenvalue weighted by atomic mass is 9.68. The fraction of sp³-hybridized carbons (Fsp3) is 0.562. The van der Waals surface area contributed by atoms with E-state index in [0.29, 0.717) is 24.8 Å². The molecule has 1 aliphatic rings. The molecule has 1 N–H and O–H groups in total. The maximum absolute atomic E-state index is 14.2. The summed E-state index contributed by atoms with van der Waals surface area (Å²) in [6.07, 6.45) is 4.51. The van der Waals surface area contributed by atoms with E-state index in [2.05, 4.69) is 0 Å². The van der Waals surface area contributed by atoms with Crippen molar-refractivity contribution in [2.75, 3.05) is 7.11 Å². The SMILES string of the molecule is CCc1cc(F)c(OC)c(C2(C(=O)O)CCCCC2)c1. The molecule has 0 aromatic heterocycles. The van der Waals surface area contributed by atoms with Crippen LogP contribution in [0.15, 0.2) is 12.1 Å². The second-order valence-electron chi connectivity index (χ2n) is 5.46. The van der Waals surface area contributed by atoms with Gasteiger partial charge < -0.3 is 9.84 Å². The molecule has 110 valence electrons. The van der Waals surface area contributed by atoms with Crippen molar-refractivity contribution in [1.29, 1.82) is 0 Å². The monoisotopic (exact) mass is 280 g/mol. The molecule has 0 atom stereocenters. The topological polar surface area (TPSA) is 46.5 Å². The Bertz CT molecular complexity index is 505. The van der Waals surface area contributed by atoms with Crippen molar-refractivity contribution in [2.45, 2.75) is 50.9 Å². The summed E-state index contributed by atoms with van der Waals surface area (Å²) in [6.45, 7) is 1.93. The van der Waals surface area contributed by atoms with Gasteiger partial charge in [-0.1, -0.05) is 32.3 Å². The van der Waals surface area contributed by atoms with E-state index in [-0.39, 0.29) is 5.75 Å². The van der Waals surface area contributed by atoms with Crippen LogP contribution in [0.5, 0.6) is 5.75 Å². The average molecular weight is 280 g/mol. The standard InChI is InChI=1S/C16H21FO3/c1-3-11-9-12(14(20-2)13(17)10-11)16(15(18)19)7-5-4-6-8-16/h9-10H,3-8H2,1-2H3,(H,18,19). The molecule has 1 aliphatic carbocycles. The van der Waals surface area contributed by atoms with E-state index < -0.39 is 17.2 Å². The van der Waals surface area contributed by atoms with Gasteiger partial charge in [-0.05, 0) is 30.9 Å². The highest BCUT2D eigenvalue weighted by Crippen LogP contribution is 2.44. The second-order valence-corrected chi connectivity index (χ2v) is 5.46. The summed E-state index contributed by atoms with van der Waals surface area (Å²) in [6, 6.07) is 3.24. The molecule has 0 radical (unpaired) electrons. The van der Waals surface area contributed by atoms with Gasteiger partial charge >= 0.3 is 5.97 Å². The first-order valence-corrected chi connectivity index (χ1v) is 7.15. The van der Waals surface area contributed by atoms with Gasteiger partial charge in [0.25, 0.3) is 0 Å². The van der Waals surface area contributed by atoms with Crippen molar-refractivity contribution in [3.8, 4) is 5.75 Å². The molecule has 1 saturated carbocycles. The zero-order chi connectivity index (χ0) is 14.8. The zero-order valence-electron chi connectivity index (χ0n) is 12.0. The molecule has 1 aromatic rings. The van der Waals surface area contributed by atoms with E-state index in [1.807, 2.05) is 6.92 Å². The van der Waals surface area contributed by atoms with E-state index in [1.54, 1.807) is 6.07 Å². The fourth-order valence-corrected chi connectivity index (χ4v) is 3.17. The summed E-state index contributed by atoms with van der Waals surface area (Å²) < 4.78 is 19.3. The van der Waals surface area contributed by atoms with Gasteiger partial charge in [0.1, 0.15) is 0 Å². The molecule has 0 bridgehead atoms. The number of carboxylic acids is 1. The summed E-state index contributed by atoms with van der Waals surface area (Å²) in [4.78, 5) is 11.9. The quantitative estimate of drug-likeness (QED) is 0.915. The third kappa shape index (κ3) is 2.39. The first-order chi connectivity index (χ1) is 9.55. The molecule has 0 unspecified atom stereocenters. The Morgan fingerprint density at radius 1 is 1.35 bits per heavy atom. The summed E-state index contributed by atoms with van der Waals surface area (Å²) in [5, 5.41) is 9.74. The highest BCUT2D eigenvalue weighted by atomic mass is 19.1. The molecule has 3 nitrogen and oxygen atoms in total. The second kappa shape index (κ2) is 5.81. The number of ether oxygens (including phenoxy) is 1. The lowest BCUT2D eigenvalue weighted by Crippen LogP contribution is -2.38. The number of carbonyl (C=O) groups is 1. The van der Waals surface area contributed by atoms with Gasteiger partial charge in [-0.15, -0.1) is 0 Å². The highest BCUT2D eigenvalue weighted by Gasteiger charge is 2.44. The average Bonchev–Trinajstić information content (AvgIpc) is 2.46. The minimum absolute atomic E-state index is 0.0894. The van der Waals surface area contributed by atoms with Crippen molar-refractivity contribution in [3.63, 3.8) is 0 Å². The van der Waals surface area contributed by atoms with Crippen molar-refractivity contribution in [2.24, 2.45) is 0 Å². The normalized spacial score (nSPS) is 17.8. The smallest absolute Gasteiger partial charge is 0.314 e. The molecule has 0 saturated heterocycles. The van der Waals surface area contributed by atoms with Crippen LogP contribution in [0.3, 0.4) is 0 Å². The maximum Gasteiger partial charge on any atom is 0.314 e. The minimum Gasteiger partial charge on any atom is -0.493 e. The van der Waals surface area contributed by atoms with Crippen LogP contribution >= 0.6 is 0 Å². The van der Waals surface area contributed by atoms with Crippen molar-refractivity contribution < 1.29 is 19.0 Å². The van der Waals surface area contributed by atoms with Gasteiger partial charge in [0.15, 0.2) is 11.6 Å². The van der Waals surface area contributed by atoms with Crippen LogP contribution in [0.25, 0.3) is 0 Å². The van der Waals surface area contributed by atoms with Gasteiger partial charge in [0.2, 0.25) is 0 Å². The lowest BCUT2D eigenvalue weighted by molar-refractivity contribution is -0.145. The van der Waals surface area contributed by atoms with Crippen LogP contribution in [0, 0.1) is 5.82 Å². The van der Waals surface area contributed by atoms with E-state index in [4.69, 9.17) is 4.74 Å². The Balaban J connectivity index is 2.63. The van der Waals surface area contributed by atoms with E-state index in [1.165, 1.54) is 13.2 Å². The molecular formula is C16H21FO3. The number of benzene rings is 1. The number of carboxylic acid groups (broad SMARTS) is 1. The molecule has 20 heavy (non-hydrogen) atoms. The Kier molecular flexibility index (Phi) is 4.31. The van der Waals surface area contributed by atoms with Crippen LogP contribution in [0.2, 0.25) is 0 Å². The van der Waals surface area contributed by atoms with Crippen molar-refractivity contribution in [3.05, 3.63) is 29.1 Å². The maximum atomic E-state index is 14.2. The summed E-state index contributed by atoms with van der Waals surface area (Å²) in [5.74, 6) is -1.25. The molecule has 1 aromatic carbocycles. The molecule has 2 rings (SSSR count). The largest absolute Gasteiger partial charge is 0.493 e. The van der Waals surface area contributed by atoms with Gasteiger partial charge in [0.05, 0.1) is 12.5 Å². The number of hydrogen-bond acceptors (Lipinski definition) is 2. The predicted molar refractivity (Wildman–Crippen MR) is 74.7 cm³/mol. The van der Waals surface area contributed by atoms with Crippen LogP contribution in [0.1, 0.15) is 50.2 Å². The lowest BCUT2D eigenvalue weighted by Gasteiger charge is -2.35. The van der Waals surface area contributed by atoms with Gasteiger partial charge in [-0.2, -0.15) is 0 Å². The Morgan fingerprint density at radius 3 is 2.50 bits per heavy atom. The van der Waals surface area contributed by atoms with Crippen molar-refractivity contribution in [1.82, 2.24) is 0 Å². The number of aliphatic carboxylic acids is 1. The Morgan fingerprint density at radius 2 is 2.00 bits per heavy atom. The summed E-state index contributed by atoms with van der Waals surface area (Å²) in [5.41, 5.74) is 0.309. The molecule has 0 amide bonds. The third-order valence-corrected chi connectivity index (χ3v) is 4.35. The first kappa shape index (κ1) is 14.8. The van der Waals surface area contributed by atoms with E-state index in [0.717, 1.165) is 24.8 Å². The summed E-state index contributed by atoms with van der Waals surface area (Å²) >= 11 is 0. The third-order valence-electron chi connectivity index (χ3n) is 4.35.